The van der Waals surface area contributed by atoms with Gasteiger partial charge in [0.05, 0.1) is 5.69 Å². The highest BCUT2D eigenvalue weighted by atomic mass is 16.5. The number of aryl methyl sites for hydroxylation is 2. The van der Waals surface area contributed by atoms with Crippen molar-refractivity contribution >= 4 is 6.03 Å². The smallest absolute Gasteiger partial charge is 0.315 e. The number of hydrogen-bond donors (Lipinski definition) is 2. The fourth-order valence-corrected chi connectivity index (χ4v) is 3.84. The number of rotatable bonds is 5. The van der Waals surface area contributed by atoms with Crippen LogP contribution in [0.25, 0.3) is 0 Å². The topological polar surface area (TPSA) is 67.2 Å². The molecule has 1 heterocycles. The lowest BCUT2D eigenvalue weighted by Gasteiger charge is -2.21. The Morgan fingerprint density at radius 2 is 2.05 bits per heavy atom. The Morgan fingerprint density at radius 3 is 2.73 bits per heavy atom. The van der Waals surface area contributed by atoms with Gasteiger partial charge in [0, 0.05) is 18.2 Å². The lowest BCUT2D eigenvalue weighted by molar-refractivity contribution is 0.238. The zero-order valence-electron chi connectivity index (χ0n) is 13.7. The van der Waals surface area contributed by atoms with Gasteiger partial charge < -0.3 is 15.2 Å². The molecule has 2 saturated carbocycles. The van der Waals surface area contributed by atoms with E-state index in [9.17, 15) is 4.79 Å². The van der Waals surface area contributed by atoms with Crippen LogP contribution in [0.4, 0.5) is 4.79 Å². The molecule has 2 aliphatic rings. The first-order chi connectivity index (χ1) is 10.6. The van der Waals surface area contributed by atoms with Gasteiger partial charge in [0.15, 0.2) is 0 Å². The highest BCUT2D eigenvalue weighted by Gasteiger charge is 2.43. The molecule has 3 rings (SSSR count). The Kier molecular flexibility index (Phi) is 4.69. The highest BCUT2D eigenvalue weighted by molar-refractivity contribution is 5.74. The normalized spacial score (nSPS) is 25.0. The van der Waals surface area contributed by atoms with E-state index < -0.39 is 0 Å². The van der Waals surface area contributed by atoms with E-state index in [2.05, 4.69) is 15.8 Å². The van der Waals surface area contributed by atoms with Gasteiger partial charge in [-0.15, -0.1) is 0 Å². The summed E-state index contributed by atoms with van der Waals surface area (Å²) in [6.07, 6.45) is 8.79. The summed E-state index contributed by atoms with van der Waals surface area (Å²) < 4.78 is 5.13. The Balaban J connectivity index is 1.35. The zero-order valence-corrected chi connectivity index (χ0v) is 13.7. The van der Waals surface area contributed by atoms with Crippen molar-refractivity contribution < 1.29 is 9.32 Å². The van der Waals surface area contributed by atoms with Crippen molar-refractivity contribution in [1.82, 2.24) is 15.8 Å². The van der Waals surface area contributed by atoms with Crippen molar-refractivity contribution in [2.75, 3.05) is 6.54 Å². The molecule has 1 aromatic rings. The van der Waals surface area contributed by atoms with Gasteiger partial charge in [0.25, 0.3) is 0 Å². The minimum Gasteiger partial charge on any atom is -0.361 e. The number of hydrogen-bond acceptors (Lipinski definition) is 3. The van der Waals surface area contributed by atoms with Gasteiger partial charge in [0.2, 0.25) is 0 Å². The molecule has 1 aromatic heterocycles. The first-order valence-corrected chi connectivity index (χ1v) is 8.61. The van der Waals surface area contributed by atoms with E-state index in [1.807, 2.05) is 13.8 Å². The Bertz CT molecular complexity index is 500. The molecule has 0 bridgehead atoms. The van der Waals surface area contributed by atoms with Crippen LogP contribution in [0.15, 0.2) is 4.52 Å². The lowest BCUT2D eigenvalue weighted by Crippen LogP contribution is -2.39. The molecular formula is C17H27N3O2. The monoisotopic (exact) mass is 305 g/mol. The second-order valence-electron chi connectivity index (χ2n) is 6.86. The number of urea groups is 1. The molecule has 0 aliphatic heterocycles. The van der Waals surface area contributed by atoms with Crippen LogP contribution in [0.1, 0.15) is 55.5 Å². The number of aromatic nitrogens is 1. The lowest BCUT2D eigenvalue weighted by atomic mass is 9.85. The third kappa shape index (κ3) is 3.62. The van der Waals surface area contributed by atoms with Crippen molar-refractivity contribution in [2.24, 2.45) is 11.8 Å². The van der Waals surface area contributed by atoms with Crippen LogP contribution in [0.2, 0.25) is 0 Å². The molecule has 5 nitrogen and oxygen atoms in total. The molecule has 2 N–H and O–H groups in total. The molecule has 2 atom stereocenters. The first-order valence-electron chi connectivity index (χ1n) is 8.61. The summed E-state index contributed by atoms with van der Waals surface area (Å²) in [5.41, 5.74) is 2.02. The molecule has 0 saturated heterocycles. The number of carbonyl (C=O) groups is 1. The van der Waals surface area contributed by atoms with E-state index in [0.29, 0.717) is 12.6 Å². The molecule has 0 spiro atoms. The second kappa shape index (κ2) is 6.71. The molecule has 0 aromatic carbocycles. The van der Waals surface area contributed by atoms with Crippen LogP contribution in [0.3, 0.4) is 0 Å². The molecule has 0 unspecified atom stereocenters. The SMILES string of the molecule is Cc1noc(C)c1CCNC(=O)N[C@@H]1C[C@H]1C1CCCCC1. The predicted octanol–water partition coefficient (Wildman–Crippen LogP) is 3.10. The van der Waals surface area contributed by atoms with Gasteiger partial charge in [-0.2, -0.15) is 0 Å². The third-order valence-electron chi connectivity index (χ3n) is 5.25. The van der Waals surface area contributed by atoms with E-state index >= 15 is 0 Å². The molecule has 2 fully saturated rings. The predicted molar refractivity (Wildman–Crippen MR) is 84.7 cm³/mol. The molecular weight excluding hydrogens is 278 g/mol. The third-order valence-corrected chi connectivity index (χ3v) is 5.25. The van der Waals surface area contributed by atoms with Crippen molar-refractivity contribution in [3.63, 3.8) is 0 Å². The maximum Gasteiger partial charge on any atom is 0.315 e. The van der Waals surface area contributed by atoms with Crippen LogP contribution in [-0.2, 0) is 6.42 Å². The van der Waals surface area contributed by atoms with E-state index in [0.717, 1.165) is 35.3 Å². The molecule has 122 valence electrons. The quantitative estimate of drug-likeness (QED) is 0.878. The summed E-state index contributed by atoms with van der Waals surface area (Å²) in [6, 6.07) is 0.372. The maximum atomic E-state index is 12.0. The minimum atomic E-state index is -0.0323. The van der Waals surface area contributed by atoms with Crippen LogP contribution >= 0.6 is 0 Å². The van der Waals surface area contributed by atoms with Crippen molar-refractivity contribution in [1.29, 1.82) is 0 Å². The Morgan fingerprint density at radius 1 is 1.27 bits per heavy atom. The van der Waals surface area contributed by atoms with E-state index in [-0.39, 0.29) is 6.03 Å². The van der Waals surface area contributed by atoms with Gasteiger partial charge in [-0.05, 0) is 38.5 Å². The molecule has 0 radical (unpaired) electrons. The average molecular weight is 305 g/mol. The summed E-state index contributed by atoms with van der Waals surface area (Å²) in [5, 5.41) is 10.0. The van der Waals surface area contributed by atoms with Gasteiger partial charge in [-0.25, -0.2) is 4.79 Å². The fourth-order valence-electron chi connectivity index (χ4n) is 3.84. The molecule has 5 heteroatoms. The molecule has 2 aliphatic carbocycles. The number of carbonyl (C=O) groups excluding carboxylic acids is 1. The number of nitrogens with zero attached hydrogens (tertiary/aromatic N) is 1. The highest BCUT2D eigenvalue weighted by Crippen LogP contribution is 2.44. The van der Waals surface area contributed by atoms with E-state index in [1.54, 1.807) is 0 Å². The van der Waals surface area contributed by atoms with Crippen molar-refractivity contribution in [3.8, 4) is 0 Å². The summed E-state index contributed by atoms with van der Waals surface area (Å²) in [5.74, 6) is 2.43. The van der Waals surface area contributed by atoms with Gasteiger partial charge in [-0.3, -0.25) is 0 Å². The molecule has 2 amide bonds. The largest absolute Gasteiger partial charge is 0.361 e. The summed E-state index contributed by atoms with van der Waals surface area (Å²) in [6.45, 7) is 4.47. The Hall–Kier alpha value is -1.52. The van der Waals surface area contributed by atoms with Gasteiger partial charge >= 0.3 is 6.03 Å². The van der Waals surface area contributed by atoms with Crippen LogP contribution in [-0.4, -0.2) is 23.8 Å². The molecule has 22 heavy (non-hydrogen) atoms. The minimum absolute atomic E-state index is 0.0323. The second-order valence-corrected chi connectivity index (χ2v) is 6.86. The fraction of sp³-hybridized carbons (Fsp3) is 0.765. The van der Waals surface area contributed by atoms with Gasteiger partial charge in [0.1, 0.15) is 5.76 Å². The summed E-state index contributed by atoms with van der Waals surface area (Å²) >= 11 is 0. The van der Waals surface area contributed by atoms with Crippen LogP contribution < -0.4 is 10.6 Å². The standard InChI is InChI=1S/C17H27N3O2/c1-11-14(12(2)22-20-11)8-9-18-17(21)19-16-10-15(16)13-6-4-3-5-7-13/h13,15-16H,3-10H2,1-2H3,(H2,18,19,21)/t15-,16+/m0/s1. The van der Waals surface area contributed by atoms with E-state index in [4.69, 9.17) is 4.52 Å². The van der Waals surface area contributed by atoms with Crippen molar-refractivity contribution in [2.45, 2.75) is 64.8 Å². The van der Waals surface area contributed by atoms with E-state index in [1.165, 1.54) is 38.5 Å². The summed E-state index contributed by atoms with van der Waals surface area (Å²) in [4.78, 5) is 12.0. The first kappa shape index (κ1) is 15.4. The summed E-state index contributed by atoms with van der Waals surface area (Å²) in [7, 11) is 0. The number of nitrogens with one attached hydrogen (secondary N) is 2. The zero-order chi connectivity index (χ0) is 15.5. The maximum absolute atomic E-state index is 12.0. The van der Waals surface area contributed by atoms with Crippen molar-refractivity contribution in [3.05, 3.63) is 17.0 Å². The average Bonchev–Trinajstić information content (AvgIpc) is 3.21. The van der Waals surface area contributed by atoms with Gasteiger partial charge in [-0.1, -0.05) is 37.3 Å². The van der Waals surface area contributed by atoms with Crippen LogP contribution in [0.5, 0.6) is 0 Å². The number of amides is 2. The Labute approximate surface area is 132 Å². The van der Waals surface area contributed by atoms with Crippen LogP contribution in [0, 0.1) is 25.7 Å².